The number of allylic oxidation sites excluding steroid dienone is 3. The number of rotatable bonds is 6. The van der Waals surface area contributed by atoms with E-state index in [1.807, 2.05) is 26.8 Å². The highest BCUT2D eigenvalue weighted by molar-refractivity contribution is 7.80. The maximum absolute atomic E-state index is 10.7. The second-order valence-electron chi connectivity index (χ2n) is 7.11. The van der Waals surface area contributed by atoms with Crippen LogP contribution in [0.15, 0.2) is 36.6 Å². The van der Waals surface area contributed by atoms with Crippen LogP contribution in [0, 0.1) is 0 Å². The molecule has 0 aliphatic carbocycles. The molecule has 3 atom stereocenters. The third-order valence-corrected chi connectivity index (χ3v) is 3.93. The molecule has 188 valence electrons. The molecular weight excluding hydrogens is 423 g/mol. The van der Waals surface area contributed by atoms with Crippen molar-refractivity contribution >= 4 is 12.6 Å². The molecule has 5 N–H and O–H groups in total. The van der Waals surface area contributed by atoms with E-state index in [4.69, 9.17) is 10.8 Å². The Balaban J connectivity index is -0.000000234. The molecule has 0 radical (unpaired) electrons. The van der Waals surface area contributed by atoms with Crippen molar-refractivity contribution in [2.45, 2.75) is 98.6 Å². The summed E-state index contributed by atoms with van der Waals surface area (Å²) in [6.45, 7) is 20.4. The average Bonchev–Trinajstić information content (AvgIpc) is 2.64. The lowest BCUT2D eigenvalue weighted by atomic mass is 9.94. The first-order valence-corrected chi connectivity index (χ1v) is 11.1. The zero-order valence-electron chi connectivity index (χ0n) is 19.5. The Hall–Kier alpha value is -0.960. The molecule has 1 aliphatic heterocycles. The van der Waals surface area contributed by atoms with Gasteiger partial charge in [0.05, 0.1) is 5.75 Å². The molecule has 0 saturated carbocycles. The number of hydrogen-bond acceptors (Lipinski definition) is 5. The lowest BCUT2D eigenvalue weighted by molar-refractivity contribution is -0.104. The highest BCUT2D eigenvalue weighted by Crippen LogP contribution is 2.15. The van der Waals surface area contributed by atoms with Gasteiger partial charge in [0, 0.05) is 29.9 Å². The van der Waals surface area contributed by atoms with Crippen LogP contribution in [0.1, 0.15) is 68.2 Å². The zero-order valence-corrected chi connectivity index (χ0v) is 20.4. The second-order valence-corrected chi connectivity index (χ2v) is 7.43. The van der Waals surface area contributed by atoms with Crippen LogP contribution in [0.3, 0.4) is 0 Å². The summed E-state index contributed by atoms with van der Waals surface area (Å²) >= 11 is 2.98. The summed E-state index contributed by atoms with van der Waals surface area (Å²) in [6, 6.07) is 1.06. The molecule has 8 heteroatoms. The molecule has 1 saturated heterocycles. The third kappa shape index (κ3) is 27.0. The molecule has 1 rings (SSSR count). The number of hydrogen-bond donors (Lipinski definition) is 5. The minimum Gasteiger partial charge on any atom is -0.394 e. The third-order valence-electron chi connectivity index (χ3n) is 3.57. The standard InChI is InChI=1S/C15H27N3.C3H8O.C2H3F3S.C2H6.CH4/c1-5-7-14(11(2)3)18-12(4)10-15-13(16)8-6-9-17-15;1-3(2)4;3-2(4,5)1-6;1-2;/h5,7,12-13,15,17-18H,1-2,6,8-10,16H2,3-4H3;3-4H,1-2H3;6H,1H2;1-2H3;1H4/b14-7-;;;;. The van der Waals surface area contributed by atoms with E-state index in [0.717, 1.165) is 30.7 Å². The molecular formula is C23H48F3N3OS. The topological polar surface area (TPSA) is 70.3 Å². The van der Waals surface area contributed by atoms with Gasteiger partial charge < -0.3 is 21.5 Å². The SMILES string of the molecule is C.C=C/C=C(\NC(C)CC1NCCCC1N)C(=C)C.CC.CC(C)O.FC(F)(F)CS. The lowest BCUT2D eigenvalue weighted by Gasteiger charge is -2.32. The van der Waals surface area contributed by atoms with Crippen molar-refractivity contribution in [3.05, 3.63) is 36.6 Å². The van der Waals surface area contributed by atoms with Crippen molar-refractivity contribution in [3.8, 4) is 0 Å². The average molecular weight is 472 g/mol. The van der Waals surface area contributed by atoms with Gasteiger partial charge in [-0.1, -0.05) is 40.5 Å². The van der Waals surface area contributed by atoms with Gasteiger partial charge in [-0.2, -0.15) is 25.8 Å². The van der Waals surface area contributed by atoms with E-state index in [9.17, 15) is 13.2 Å². The number of aliphatic hydroxyl groups excluding tert-OH is 1. The number of piperidine rings is 1. The number of thiol groups is 1. The Morgan fingerprint density at radius 1 is 1.32 bits per heavy atom. The Kier molecular flexibility index (Phi) is 26.8. The molecule has 0 aromatic carbocycles. The first-order chi connectivity index (χ1) is 13.8. The summed E-state index contributed by atoms with van der Waals surface area (Å²) in [6.07, 6.45) is 2.83. The van der Waals surface area contributed by atoms with Crippen molar-refractivity contribution in [1.29, 1.82) is 0 Å². The Bertz CT molecular complexity index is 467. The van der Waals surface area contributed by atoms with Crippen LogP contribution in [-0.2, 0) is 0 Å². The summed E-state index contributed by atoms with van der Waals surface area (Å²) < 4.78 is 32.1. The minimum atomic E-state index is -4.09. The first-order valence-electron chi connectivity index (χ1n) is 10.4. The van der Waals surface area contributed by atoms with Gasteiger partial charge in [-0.3, -0.25) is 0 Å². The van der Waals surface area contributed by atoms with E-state index in [2.05, 4.69) is 43.3 Å². The van der Waals surface area contributed by atoms with Gasteiger partial charge in [0.25, 0.3) is 0 Å². The minimum absolute atomic E-state index is 0. The van der Waals surface area contributed by atoms with E-state index in [-0.39, 0.29) is 19.6 Å². The second kappa shape index (κ2) is 22.2. The van der Waals surface area contributed by atoms with Crippen LogP contribution in [0.25, 0.3) is 0 Å². The predicted octanol–water partition coefficient (Wildman–Crippen LogP) is 5.61. The van der Waals surface area contributed by atoms with Crippen LogP contribution in [0.2, 0.25) is 0 Å². The molecule has 0 spiro atoms. The fraction of sp³-hybridized carbons (Fsp3) is 0.739. The molecule has 31 heavy (non-hydrogen) atoms. The molecule has 0 aromatic rings. The zero-order chi connectivity index (χ0) is 24.3. The fourth-order valence-electron chi connectivity index (χ4n) is 2.37. The summed E-state index contributed by atoms with van der Waals surface area (Å²) in [5, 5.41) is 15.0. The van der Waals surface area contributed by atoms with E-state index in [0.29, 0.717) is 12.1 Å². The monoisotopic (exact) mass is 471 g/mol. The van der Waals surface area contributed by atoms with Gasteiger partial charge >= 0.3 is 6.18 Å². The molecule has 1 heterocycles. The van der Waals surface area contributed by atoms with Crippen LogP contribution in [-0.4, -0.2) is 47.8 Å². The van der Waals surface area contributed by atoms with Crippen molar-refractivity contribution in [3.63, 3.8) is 0 Å². The van der Waals surface area contributed by atoms with E-state index in [1.54, 1.807) is 19.9 Å². The number of nitrogens with two attached hydrogens (primary N) is 1. The number of halogens is 3. The van der Waals surface area contributed by atoms with Gasteiger partial charge in [-0.05, 0) is 65.2 Å². The molecule has 1 aliphatic rings. The first kappa shape index (κ1) is 37.4. The summed E-state index contributed by atoms with van der Waals surface area (Å²) in [5.41, 5.74) is 8.23. The van der Waals surface area contributed by atoms with Crippen LogP contribution in [0.4, 0.5) is 13.2 Å². The maximum atomic E-state index is 10.7. The Labute approximate surface area is 195 Å². The number of alkyl halides is 3. The number of nitrogens with one attached hydrogen (secondary N) is 2. The van der Waals surface area contributed by atoms with Gasteiger partial charge in [0.2, 0.25) is 0 Å². The normalized spacial score (nSPS) is 19.1. The van der Waals surface area contributed by atoms with Crippen LogP contribution in [0.5, 0.6) is 0 Å². The largest absolute Gasteiger partial charge is 0.397 e. The van der Waals surface area contributed by atoms with Crippen molar-refractivity contribution in [2.75, 3.05) is 12.3 Å². The molecule has 1 fully saturated rings. The van der Waals surface area contributed by atoms with Crippen LogP contribution >= 0.6 is 12.6 Å². The molecule has 0 aromatic heterocycles. The Morgan fingerprint density at radius 3 is 2.10 bits per heavy atom. The highest BCUT2D eigenvalue weighted by Gasteiger charge is 2.24. The predicted molar refractivity (Wildman–Crippen MR) is 135 cm³/mol. The van der Waals surface area contributed by atoms with Crippen molar-refractivity contribution in [2.24, 2.45) is 5.73 Å². The summed E-state index contributed by atoms with van der Waals surface area (Å²) in [5.74, 6) is -1.03. The van der Waals surface area contributed by atoms with E-state index < -0.39 is 11.9 Å². The molecule has 0 amide bonds. The fourth-order valence-corrected chi connectivity index (χ4v) is 2.37. The van der Waals surface area contributed by atoms with Crippen molar-refractivity contribution < 1.29 is 18.3 Å². The lowest BCUT2D eigenvalue weighted by Crippen LogP contribution is -2.51. The summed E-state index contributed by atoms with van der Waals surface area (Å²) in [4.78, 5) is 0. The maximum Gasteiger partial charge on any atom is 0.397 e. The quantitative estimate of drug-likeness (QED) is 0.258. The van der Waals surface area contributed by atoms with Crippen LogP contribution < -0.4 is 16.4 Å². The smallest absolute Gasteiger partial charge is 0.394 e. The molecule has 0 bridgehead atoms. The van der Waals surface area contributed by atoms with E-state index >= 15 is 0 Å². The molecule has 3 unspecified atom stereocenters. The number of aliphatic hydroxyl groups is 1. The van der Waals surface area contributed by atoms with Gasteiger partial charge in [-0.15, -0.1) is 0 Å². The molecule has 4 nitrogen and oxygen atoms in total. The van der Waals surface area contributed by atoms with Gasteiger partial charge in [-0.25, -0.2) is 0 Å². The Morgan fingerprint density at radius 2 is 1.77 bits per heavy atom. The summed E-state index contributed by atoms with van der Waals surface area (Å²) in [7, 11) is 0. The van der Waals surface area contributed by atoms with Gasteiger partial charge in [0.1, 0.15) is 0 Å². The highest BCUT2D eigenvalue weighted by atomic mass is 32.1. The van der Waals surface area contributed by atoms with Gasteiger partial charge in [0.15, 0.2) is 0 Å². The van der Waals surface area contributed by atoms with Crippen molar-refractivity contribution in [1.82, 2.24) is 10.6 Å². The van der Waals surface area contributed by atoms with E-state index in [1.165, 1.54) is 6.42 Å².